The van der Waals surface area contributed by atoms with Crippen molar-refractivity contribution in [2.75, 3.05) is 13.2 Å². The molecule has 0 fully saturated rings. The fraction of sp³-hybridized carbons (Fsp3) is 0.867. The molecule has 0 N–H and O–H groups in total. The lowest BCUT2D eigenvalue weighted by molar-refractivity contribution is -0.112. The Morgan fingerprint density at radius 2 is 1.29 bits per heavy atom. The predicted molar refractivity (Wildman–Crippen MR) is 74.2 cm³/mol. The first kappa shape index (κ1) is 16.7. The maximum absolute atomic E-state index is 5.60. The molecule has 0 aliphatic heterocycles. The first-order valence-electron chi connectivity index (χ1n) is 7.20. The van der Waals surface area contributed by atoms with Crippen LogP contribution in [0.15, 0.2) is 12.7 Å². The number of hydrogen-bond acceptors (Lipinski definition) is 2. The van der Waals surface area contributed by atoms with Gasteiger partial charge in [-0.25, -0.2) is 0 Å². The smallest absolute Gasteiger partial charge is 0.176 e. The minimum absolute atomic E-state index is 0.210. The summed E-state index contributed by atoms with van der Waals surface area (Å²) in [5.74, 6) is 0. The average molecular weight is 242 g/mol. The third kappa shape index (κ3) is 11.9. The highest BCUT2D eigenvalue weighted by Crippen LogP contribution is 2.05. The van der Waals surface area contributed by atoms with Gasteiger partial charge in [0.2, 0.25) is 0 Å². The van der Waals surface area contributed by atoms with Gasteiger partial charge in [-0.3, -0.25) is 0 Å². The molecule has 0 spiro atoms. The minimum Gasteiger partial charge on any atom is -0.349 e. The summed E-state index contributed by atoms with van der Waals surface area (Å²) in [5.41, 5.74) is 0. The summed E-state index contributed by atoms with van der Waals surface area (Å²) in [6.07, 6.45) is 11.4. The zero-order valence-electron chi connectivity index (χ0n) is 11.7. The van der Waals surface area contributed by atoms with Gasteiger partial charge in [0.1, 0.15) is 0 Å². The molecule has 0 aromatic rings. The third-order valence-corrected chi connectivity index (χ3v) is 2.75. The van der Waals surface area contributed by atoms with Crippen molar-refractivity contribution in [3.8, 4) is 0 Å². The van der Waals surface area contributed by atoms with Crippen LogP contribution in [0.25, 0.3) is 0 Å². The highest BCUT2D eigenvalue weighted by atomic mass is 16.7. The van der Waals surface area contributed by atoms with E-state index in [0.717, 1.165) is 26.1 Å². The van der Waals surface area contributed by atoms with Crippen molar-refractivity contribution in [2.45, 2.75) is 71.5 Å². The van der Waals surface area contributed by atoms with E-state index in [1.807, 2.05) is 0 Å². The number of rotatable bonds is 13. The zero-order chi connectivity index (χ0) is 12.8. The quantitative estimate of drug-likeness (QED) is 0.265. The van der Waals surface area contributed by atoms with Crippen molar-refractivity contribution in [1.82, 2.24) is 0 Å². The molecule has 2 heteroatoms. The molecule has 0 unspecified atom stereocenters. The van der Waals surface area contributed by atoms with E-state index in [1.165, 1.54) is 38.5 Å². The molecule has 0 atom stereocenters. The van der Waals surface area contributed by atoms with Crippen LogP contribution in [0.1, 0.15) is 65.2 Å². The van der Waals surface area contributed by atoms with Gasteiger partial charge in [-0.15, -0.1) is 0 Å². The third-order valence-electron chi connectivity index (χ3n) is 2.75. The fourth-order valence-corrected chi connectivity index (χ4v) is 1.64. The molecule has 0 bridgehead atoms. The molecule has 0 heterocycles. The molecule has 17 heavy (non-hydrogen) atoms. The van der Waals surface area contributed by atoms with Crippen molar-refractivity contribution >= 4 is 0 Å². The van der Waals surface area contributed by atoms with Gasteiger partial charge >= 0.3 is 0 Å². The lowest BCUT2D eigenvalue weighted by atomic mass is 10.2. The molecule has 0 saturated carbocycles. The highest BCUT2D eigenvalue weighted by molar-refractivity contribution is 4.71. The predicted octanol–water partition coefficient (Wildman–Crippen LogP) is 4.69. The van der Waals surface area contributed by atoms with Crippen LogP contribution in [-0.2, 0) is 9.47 Å². The molecule has 0 aromatic carbocycles. The first-order valence-corrected chi connectivity index (χ1v) is 7.20. The van der Waals surface area contributed by atoms with Crippen LogP contribution in [-0.4, -0.2) is 19.5 Å². The van der Waals surface area contributed by atoms with Crippen LogP contribution >= 0.6 is 0 Å². The summed E-state index contributed by atoms with van der Waals surface area (Å²) in [5, 5.41) is 0. The Kier molecular flexibility index (Phi) is 13.4. The number of unbranched alkanes of at least 4 members (excludes halogenated alkanes) is 6. The number of hydrogen-bond donors (Lipinski definition) is 0. The molecular formula is C15H30O2. The van der Waals surface area contributed by atoms with Crippen LogP contribution in [0, 0.1) is 0 Å². The standard InChI is InChI=1S/C15H30O2/c1-4-7-9-11-13-16-15(6-3)17-14-12-10-8-5-2/h6,15H,3-5,7-14H2,1-2H3. The van der Waals surface area contributed by atoms with Gasteiger partial charge in [0.05, 0.1) is 13.2 Å². The highest BCUT2D eigenvalue weighted by Gasteiger charge is 2.03. The molecule has 0 amide bonds. The molecule has 0 aliphatic carbocycles. The molecule has 0 radical (unpaired) electrons. The van der Waals surface area contributed by atoms with Crippen molar-refractivity contribution < 1.29 is 9.47 Å². The van der Waals surface area contributed by atoms with Crippen molar-refractivity contribution in [3.63, 3.8) is 0 Å². The van der Waals surface area contributed by atoms with Gasteiger partial charge in [0, 0.05) is 0 Å². The SMILES string of the molecule is C=CC(OCCCCCC)OCCCCCC. The topological polar surface area (TPSA) is 18.5 Å². The van der Waals surface area contributed by atoms with E-state index in [1.54, 1.807) is 6.08 Å². The van der Waals surface area contributed by atoms with Crippen molar-refractivity contribution in [1.29, 1.82) is 0 Å². The number of ether oxygens (including phenoxy) is 2. The Morgan fingerprint density at radius 1 is 0.824 bits per heavy atom. The van der Waals surface area contributed by atoms with Crippen LogP contribution in [0.5, 0.6) is 0 Å². The molecule has 0 aliphatic rings. The lowest BCUT2D eigenvalue weighted by Crippen LogP contribution is -2.15. The van der Waals surface area contributed by atoms with Gasteiger partial charge < -0.3 is 9.47 Å². The second kappa shape index (κ2) is 13.7. The van der Waals surface area contributed by atoms with E-state index in [9.17, 15) is 0 Å². The molecule has 0 saturated heterocycles. The first-order chi connectivity index (χ1) is 8.35. The average Bonchev–Trinajstić information content (AvgIpc) is 2.36. The summed E-state index contributed by atoms with van der Waals surface area (Å²) in [6.45, 7) is 9.74. The molecule has 0 aromatic heterocycles. The molecule has 0 rings (SSSR count). The molecule has 2 nitrogen and oxygen atoms in total. The minimum atomic E-state index is -0.210. The Balaban J connectivity index is 3.33. The largest absolute Gasteiger partial charge is 0.349 e. The van der Waals surface area contributed by atoms with E-state index < -0.39 is 0 Å². The Labute approximate surface area is 107 Å². The summed E-state index contributed by atoms with van der Waals surface area (Å²) < 4.78 is 11.2. The molecular weight excluding hydrogens is 212 g/mol. The Hall–Kier alpha value is -0.340. The summed E-state index contributed by atoms with van der Waals surface area (Å²) in [6, 6.07) is 0. The monoisotopic (exact) mass is 242 g/mol. The Bertz CT molecular complexity index is 143. The van der Waals surface area contributed by atoms with Gasteiger partial charge in [-0.1, -0.05) is 59.0 Å². The maximum atomic E-state index is 5.60. The van der Waals surface area contributed by atoms with E-state index in [4.69, 9.17) is 9.47 Å². The summed E-state index contributed by atoms with van der Waals surface area (Å²) in [4.78, 5) is 0. The van der Waals surface area contributed by atoms with E-state index in [0.29, 0.717) is 0 Å². The summed E-state index contributed by atoms with van der Waals surface area (Å²) in [7, 11) is 0. The van der Waals surface area contributed by atoms with Crippen LogP contribution < -0.4 is 0 Å². The van der Waals surface area contributed by atoms with Gasteiger partial charge in [0.15, 0.2) is 6.29 Å². The second-order valence-corrected chi connectivity index (χ2v) is 4.47. The van der Waals surface area contributed by atoms with E-state index in [2.05, 4.69) is 20.4 Å². The van der Waals surface area contributed by atoms with Gasteiger partial charge in [-0.2, -0.15) is 0 Å². The van der Waals surface area contributed by atoms with Gasteiger partial charge in [0.25, 0.3) is 0 Å². The zero-order valence-corrected chi connectivity index (χ0v) is 11.7. The maximum Gasteiger partial charge on any atom is 0.176 e. The van der Waals surface area contributed by atoms with Crippen LogP contribution in [0.4, 0.5) is 0 Å². The lowest BCUT2D eigenvalue weighted by Gasteiger charge is -2.14. The van der Waals surface area contributed by atoms with Crippen molar-refractivity contribution in [2.24, 2.45) is 0 Å². The Morgan fingerprint density at radius 3 is 1.65 bits per heavy atom. The van der Waals surface area contributed by atoms with Crippen molar-refractivity contribution in [3.05, 3.63) is 12.7 Å². The normalized spacial score (nSPS) is 11.0. The van der Waals surface area contributed by atoms with Gasteiger partial charge in [-0.05, 0) is 18.9 Å². The fourth-order valence-electron chi connectivity index (χ4n) is 1.64. The van der Waals surface area contributed by atoms with E-state index >= 15 is 0 Å². The van der Waals surface area contributed by atoms with E-state index in [-0.39, 0.29) is 6.29 Å². The second-order valence-electron chi connectivity index (χ2n) is 4.47. The summed E-state index contributed by atoms with van der Waals surface area (Å²) >= 11 is 0. The molecule has 102 valence electrons. The van der Waals surface area contributed by atoms with Crippen LogP contribution in [0.2, 0.25) is 0 Å². The van der Waals surface area contributed by atoms with Crippen LogP contribution in [0.3, 0.4) is 0 Å².